The SMILES string of the molecule is Cc1ccc(C)n1-c1ccc(OCc2ccc(C(=O)NN=Cc3cc([N+](=O)[O-])ccc3O)o2)cc1. The first-order valence-electron chi connectivity index (χ1n) is 10.6. The van der Waals surface area contributed by atoms with Crippen molar-refractivity contribution in [3.8, 4) is 17.2 Å². The number of carbonyl (C=O) groups is 1. The number of aryl methyl sites for hydroxylation is 2. The number of carbonyl (C=O) groups excluding carboxylic acids is 1. The molecule has 2 aromatic carbocycles. The third-order valence-corrected chi connectivity index (χ3v) is 5.22. The molecule has 10 heteroatoms. The predicted octanol–water partition coefficient (Wildman–Crippen LogP) is 4.64. The fraction of sp³-hybridized carbons (Fsp3) is 0.120. The van der Waals surface area contributed by atoms with E-state index in [1.165, 1.54) is 12.1 Å². The first-order valence-corrected chi connectivity index (χ1v) is 10.6. The summed E-state index contributed by atoms with van der Waals surface area (Å²) in [6.45, 7) is 4.22. The molecule has 35 heavy (non-hydrogen) atoms. The van der Waals surface area contributed by atoms with Crippen molar-refractivity contribution in [3.63, 3.8) is 0 Å². The maximum atomic E-state index is 12.3. The van der Waals surface area contributed by atoms with Crippen LogP contribution in [-0.2, 0) is 6.61 Å². The van der Waals surface area contributed by atoms with Crippen LogP contribution in [0.4, 0.5) is 5.69 Å². The largest absolute Gasteiger partial charge is 0.507 e. The molecule has 0 unspecified atom stereocenters. The molecule has 2 N–H and O–H groups in total. The second kappa shape index (κ2) is 9.96. The molecule has 0 spiro atoms. The number of nitrogens with zero attached hydrogens (tertiary/aromatic N) is 3. The lowest BCUT2D eigenvalue weighted by Crippen LogP contribution is -2.16. The Balaban J connectivity index is 1.33. The lowest BCUT2D eigenvalue weighted by molar-refractivity contribution is -0.384. The van der Waals surface area contributed by atoms with E-state index < -0.39 is 10.8 Å². The van der Waals surface area contributed by atoms with Crippen LogP contribution in [-0.4, -0.2) is 26.7 Å². The number of furan rings is 1. The number of nitro benzene ring substituents is 1. The maximum absolute atomic E-state index is 12.3. The minimum Gasteiger partial charge on any atom is -0.507 e. The summed E-state index contributed by atoms with van der Waals surface area (Å²) >= 11 is 0. The Kier molecular flexibility index (Phi) is 6.63. The summed E-state index contributed by atoms with van der Waals surface area (Å²) in [5, 5.41) is 24.4. The van der Waals surface area contributed by atoms with Crippen molar-refractivity contribution in [1.82, 2.24) is 9.99 Å². The van der Waals surface area contributed by atoms with Crippen LogP contribution < -0.4 is 10.2 Å². The highest BCUT2D eigenvalue weighted by molar-refractivity contribution is 5.92. The van der Waals surface area contributed by atoms with Crippen molar-refractivity contribution in [3.05, 3.63) is 105 Å². The average Bonchev–Trinajstić information content (AvgIpc) is 3.45. The zero-order valence-corrected chi connectivity index (χ0v) is 19.0. The number of hydrazone groups is 1. The van der Waals surface area contributed by atoms with Crippen LogP contribution in [0.1, 0.15) is 33.3 Å². The van der Waals surface area contributed by atoms with Gasteiger partial charge in [-0.2, -0.15) is 5.10 Å². The quantitative estimate of drug-likeness (QED) is 0.217. The second-order valence-electron chi connectivity index (χ2n) is 7.70. The standard InChI is InChI=1S/C25H22N4O6/c1-16-3-4-17(2)28(16)19-5-8-21(9-6-19)34-15-22-10-12-24(35-22)25(31)27-26-14-18-13-20(29(32)33)7-11-23(18)30/h3-14,30H,15H2,1-2H3,(H,27,31). The third kappa shape index (κ3) is 5.38. The van der Waals surface area contributed by atoms with E-state index in [1.807, 2.05) is 38.1 Å². The Bertz CT molecular complexity index is 1380. The van der Waals surface area contributed by atoms with Gasteiger partial charge in [0.15, 0.2) is 5.76 Å². The van der Waals surface area contributed by atoms with Crippen molar-refractivity contribution in [2.24, 2.45) is 5.10 Å². The van der Waals surface area contributed by atoms with Gasteiger partial charge < -0.3 is 18.8 Å². The second-order valence-corrected chi connectivity index (χ2v) is 7.70. The van der Waals surface area contributed by atoms with E-state index in [0.29, 0.717) is 11.5 Å². The summed E-state index contributed by atoms with van der Waals surface area (Å²) in [6.07, 6.45) is 1.10. The zero-order chi connectivity index (χ0) is 24.9. The number of aromatic nitrogens is 1. The van der Waals surface area contributed by atoms with E-state index >= 15 is 0 Å². The molecule has 0 saturated heterocycles. The predicted molar refractivity (Wildman–Crippen MR) is 128 cm³/mol. The van der Waals surface area contributed by atoms with E-state index in [9.17, 15) is 20.0 Å². The number of non-ortho nitro benzene ring substituents is 1. The van der Waals surface area contributed by atoms with E-state index in [4.69, 9.17) is 9.15 Å². The van der Waals surface area contributed by atoms with Crippen LogP contribution in [0.2, 0.25) is 0 Å². The molecule has 0 aliphatic carbocycles. The first-order chi connectivity index (χ1) is 16.8. The van der Waals surface area contributed by atoms with E-state index in [1.54, 1.807) is 6.07 Å². The normalized spacial score (nSPS) is 11.0. The smallest absolute Gasteiger partial charge is 0.307 e. The highest BCUT2D eigenvalue weighted by Gasteiger charge is 2.12. The number of phenolic OH excluding ortho intramolecular Hbond substituents is 1. The van der Waals surface area contributed by atoms with Gasteiger partial charge in [-0.1, -0.05) is 0 Å². The average molecular weight is 474 g/mol. The molecule has 0 radical (unpaired) electrons. The molecule has 0 fully saturated rings. The van der Waals surface area contributed by atoms with Gasteiger partial charge in [-0.05, 0) is 68.4 Å². The summed E-state index contributed by atoms with van der Waals surface area (Å²) in [5.41, 5.74) is 5.44. The van der Waals surface area contributed by atoms with Crippen molar-refractivity contribution in [1.29, 1.82) is 0 Å². The number of amides is 1. The molecule has 0 saturated carbocycles. The molecule has 0 aliphatic rings. The third-order valence-electron chi connectivity index (χ3n) is 5.22. The van der Waals surface area contributed by atoms with Gasteiger partial charge in [0, 0.05) is 34.8 Å². The van der Waals surface area contributed by atoms with Gasteiger partial charge in [-0.25, -0.2) is 5.43 Å². The van der Waals surface area contributed by atoms with Crippen LogP contribution in [0, 0.1) is 24.0 Å². The van der Waals surface area contributed by atoms with Crippen molar-refractivity contribution in [2.75, 3.05) is 0 Å². The van der Waals surface area contributed by atoms with E-state index in [-0.39, 0.29) is 29.4 Å². The number of aromatic hydroxyl groups is 1. The number of hydrogen-bond donors (Lipinski definition) is 2. The lowest BCUT2D eigenvalue weighted by atomic mass is 10.2. The van der Waals surface area contributed by atoms with Gasteiger partial charge in [-0.15, -0.1) is 0 Å². The summed E-state index contributed by atoms with van der Waals surface area (Å²) < 4.78 is 13.4. The van der Waals surface area contributed by atoms with Crippen LogP contribution in [0.25, 0.3) is 5.69 Å². The van der Waals surface area contributed by atoms with E-state index in [0.717, 1.165) is 35.4 Å². The molecule has 0 aliphatic heterocycles. The molecule has 2 heterocycles. The van der Waals surface area contributed by atoms with Crippen molar-refractivity contribution in [2.45, 2.75) is 20.5 Å². The number of ether oxygens (including phenoxy) is 1. The van der Waals surface area contributed by atoms with Gasteiger partial charge in [0.05, 0.1) is 11.1 Å². The topological polar surface area (TPSA) is 132 Å². The summed E-state index contributed by atoms with van der Waals surface area (Å²) in [4.78, 5) is 22.5. The highest BCUT2D eigenvalue weighted by atomic mass is 16.6. The van der Waals surface area contributed by atoms with Gasteiger partial charge in [0.2, 0.25) is 0 Å². The van der Waals surface area contributed by atoms with Crippen LogP contribution >= 0.6 is 0 Å². The molecular weight excluding hydrogens is 452 g/mol. The molecular formula is C25H22N4O6. The maximum Gasteiger partial charge on any atom is 0.307 e. The number of phenols is 1. The first kappa shape index (κ1) is 23.3. The fourth-order valence-electron chi connectivity index (χ4n) is 3.47. The lowest BCUT2D eigenvalue weighted by Gasteiger charge is -2.10. The Morgan fingerprint density at radius 2 is 1.83 bits per heavy atom. The number of nitrogens with one attached hydrogen (secondary N) is 1. The number of rotatable bonds is 8. The Morgan fingerprint density at radius 1 is 1.11 bits per heavy atom. The summed E-state index contributed by atoms with van der Waals surface area (Å²) in [5.74, 6) is 0.270. The van der Waals surface area contributed by atoms with Gasteiger partial charge >= 0.3 is 5.91 Å². The van der Waals surface area contributed by atoms with Crippen LogP contribution in [0.15, 0.2) is 76.2 Å². The van der Waals surface area contributed by atoms with Crippen molar-refractivity contribution >= 4 is 17.8 Å². The van der Waals surface area contributed by atoms with Crippen LogP contribution in [0.3, 0.4) is 0 Å². The Labute approximate surface area is 200 Å². The molecule has 0 atom stereocenters. The molecule has 178 valence electrons. The minimum absolute atomic E-state index is 0.0120. The minimum atomic E-state index is -0.626. The van der Waals surface area contributed by atoms with Crippen molar-refractivity contribution < 1.29 is 24.0 Å². The molecule has 2 aromatic heterocycles. The zero-order valence-electron chi connectivity index (χ0n) is 19.0. The summed E-state index contributed by atoms with van der Waals surface area (Å²) in [7, 11) is 0. The van der Waals surface area contributed by atoms with Gasteiger partial charge in [-0.3, -0.25) is 14.9 Å². The van der Waals surface area contributed by atoms with Gasteiger partial charge in [0.1, 0.15) is 23.9 Å². The molecule has 4 aromatic rings. The Morgan fingerprint density at radius 3 is 2.51 bits per heavy atom. The number of nitro groups is 1. The Hall–Kier alpha value is -4.86. The molecule has 4 rings (SSSR count). The molecule has 0 bridgehead atoms. The number of hydrogen-bond acceptors (Lipinski definition) is 7. The van der Waals surface area contributed by atoms with Crippen LogP contribution in [0.5, 0.6) is 11.5 Å². The number of benzene rings is 2. The summed E-state index contributed by atoms with van der Waals surface area (Å²) in [6, 6.07) is 18.4. The van der Waals surface area contributed by atoms with Gasteiger partial charge in [0.25, 0.3) is 5.69 Å². The monoisotopic (exact) mass is 474 g/mol. The molecule has 10 nitrogen and oxygen atoms in total. The van der Waals surface area contributed by atoms with E-state index in [2.05, 4.69) is 27.2 Å². The molecule has 1 amide bonds. The highest BCUT2D eigenvalue weighted by Crippen LogP contribution is 2.22. The fourth-order valence-corrected chi connectivity index (χ4v) is 3.47.